The first-order valence-corrected chi connectivity index (χ1v) is 6.82. The van der Waals surface area contributed by atoms with Gasteiger partial charge in [0.05, 0.1) is 11.5 Å². The van der Waals surface area contributed by atoms with Crippen molar-refractivity contribution in [2.75, 3.05) is 5.75 Å². The Labute approximate surface area is 107 Å². The number of hydrogen-bond donors (Lipinski definition) is 0. The summed E-state index contributed by atoms with van der Waals surface area (Å²) in [4.78, 5) is 1.10. The molecule has 0 saturated heterocycles. The van der Waals surface area contributed by atoms with Gasteiger partial charge in [-0.25, -0.2) is 4.39 Å². The highest BCUT2D eigenvalue weighted by Crippen LogP contribution is 2.24. The van der Waals surface area contributed by atoms with Crippen LogP contribution in [0.15, 0.2) is 29.2 Å². The van der Waals surface area contributed by atoms with Crippen molar-refractivity contribution in [2.24, 2.45) is 5.41 Å². The lowest BCUT2D eigenvalue weighted by Crippen LogP contribution is -2.07. The molecule has 1 nitrogen and oxygen atoms in total. The highest BCUT2D eigenvalue weighted by molar-refractivity contribution is 7.99. The molecule has 0 aliphatic heterocycles. The molecule has 0 saturated carbocycles. The van der Waals surface area contributed by atoms with Crippen molar-refractivity contribution < 1.29 is 4.39 Å². The number of hydrogen-bond acceptors (Lipinski definition) is 2. The average molecular weight is 251 g/mol. The molecule has 0 atom stereocenters. The summed E-state index contributed by atoms with van der Waals surface area (Å²) in [5.41, 5.74) is -0.208. The summed E-state index contributed by atoms with van der Waals surface area (Å²) in [6.07, 6.45) is 3.09. The van der Waals surface area contributed by atoms with E-state index in [-0.39, 0.29) is 11.2 Å². The van der Waals surface area contributed by atoms with Gasteiger partial charge in [0, 0.05) is 4.90 Å². The minimum atomic E-state index is -0.208. The molecule has 0 aliphatic carbocycles. The van der Waals surface area contributed by atoms with Crippen LogP contribution >= 0.6 is 11.8 Å². The molecule has 1 aromatic rings. The third-order valence-electron chi connectivity index (χ3n) is 2.58. The van der Waals surface area contributed by atoms with E-state index in [1.165, 1.54) is 12.1 Å². The second kappa shape index (κ2) is 6.66. The first-order valence-electron chi connectivity index (χ1n) is 5.83. The van der Waals surface area contributed by atoms with Crippen LogP contribution < -0.4 is 0 Å². The second-order valence-corrected chi connectivity index (χ2v) is 5.92. The SMILES string of the molecule is CC(C)(C#N)CCCCSc1ccc(F)cc1. The lowest BCUT2D eigenvalue weighted by molar-refractivity contribution is 0.433. The van der Waals surface area contributed by atoms with E-state index in [0.29, 0.717) is 0 Å². The minimum absolute atomic E-state index is 0.190. The van der Waals surface area contributed by atoms with Gasteiger partial charge in [0.15, 0.2) is 0 Å². The summed E-state index contributed by atoms with van der Waals surface area (Å²) in [6.45, 7) is 3.94. The third-order valence-corrected chi connectivity index (χ3v) is 3.68. The van der Waals surface area contributed by atoms with Crippen molar-refractivity contribution in [1.82, 2.24) is 0 Å². The van der Waals surface area contributed by atoms with Gasteiger partial charge in [-0.2, -0.15) is 5.26 Å². The summed E-state index contributed by atoms with van der Waals surface area (Å²) in [5, 5.41) is 8.86. The van der Waals surface area contributed by atoms with Crippen LogP contribution in [0, 0.1) is 22.6 Å². The van der Waals surface area contributed by atoms with Crippen LogP contribution in [0.25, 0.3) is 0 Å². The molecule has 0 fully saturated rings. The molecule has 1 aromatic carbocycles. The van der Waals surface area contributed by atoms with E-state index < -0.39 is 0 Å². The zero-order valence-electron chi connectivity index (χ0n) is 10.4. The monoisotopic (exact) mass is 251 g/mol. The van der Waals surface area contributed by atoms with Crippen LogP contribution in [-0.4, -0.2) is 5.75 Å². The lowest BCUT2D eigenvalue weighted by Gasteiger charge is -2.13. The normalized spacial score (nSPS) is 11.2. The Bertz CT molecular complexity index is 378. The summed E-state index contributed by atoms with van der Waals surface area (Å²) < 4.78 is 12.7. The topological polar surface area (TPSA) is 23.8 Å². The van der Waals surface area contributed by atoms with Crippen molar-refractivity contribution >= 4 is 11.8 Å². The maximum Gasteiger partial charge on any atom is 0.123 e. The number of unbranched alkanes of at least 4 members (excludes halogenated alkanes) is 1. The van der Waals surface area contributed by atoms with Gasteiger partial charge >= 0.3 is 0 Å². The molecule has 0 bridgehead atoms. The van der Waals surface area contributed by atoms with E-state index >= 15 is 0 Å². The fraction of sp³-hybridized carbons (Fsp3) is 0.500. The van der Waals surface area contributed by atoms with Gasteiger partial charge in [0.2, 0.25) is 0 Å². The van der Waals surface area contributed by atoms with E-state index in [9.17, 15) is 4.39 Å². The molecule has 0 spiro atoms. The van der Waals surface area contributed by atoms with Crippen LogP contribution in [0.2, 0.25) is 0 Å². The molecule has 92 valence electrons. The predicted octanol–water partition coefficient (Wildman–Crippen LogP) is 4.64. The molecule has 0 amide bonds. The first-order chi connectivity index (χ1) is 8.03. The second-order valence-electron chi connectivity index (χ2n) is 4.76. The van der Waals surface area contributed by atoms with Crippen LogP contribution in [-0.2, 0) is 0 Å². The largest absolute Gasteiger partial charge is 0.207 e. The molecule has 0 heterocycles. The number of benzene rings is 1. The van der Waals surface area contributed by atoms with E-state index in [1.807, 2.05) is 13.8 Å². The Morgan fingerprint density at radius 2 is 1.88 bits per heavy atom. The standard InChI is InChI=1S/C14H18FNS/c1-14(2,11-16)9-3-4-10-17-13-7-5-12(15)6-8-13/h5-8H,3-4,9-10H2,1-2H3. The van der Waals surface area contributed by atoms with Crippen molar-refractivity contribution in [1.29, 1.82) is 5.26 Å². The molecule has 0 unspecified atom stereocenters. The molecule has 0 aliphatic rings. The first kappa shape index (κ1) is 14.1. The van der Waals surface area contributed by atoms with E-state index in [2.05, 4.69) is 6.07 Å². The molecule has 0 aromatic heterocycles. The molecule has 0 N–H and O–H groups in total. The number of halogens is 1. The summed E-state index contributed by atoms with van der Waals surface area (Å²) in [5.74, 6) is 0.831. The van der Waals surface area contributed by atoms with Gasteiger partial charge in [-0.3, -0.25) is 0 Å². The Morgan fingerprint density at radius 3 is 2.47 bits per heavy atom. The van der Waals surface area contributed by atoms with Crippen LogP contribution in [0.4, 0.5) is 4.39 Å². The molecular weight excluding hydrogens is 233 g/mol. The third kappa shape index (κ3) is 5.74. The van der Waals surface area contributed by atoms with Crippen molar-refractivity contribution in [2.45, 2.75) is 38.0 Å². The molecule has 17 heavy (non-hydrogen) atoms. The Morgan fingerprint density at radius 1 is 1.24 bits per heavy atom. The van der Waals surface area contributed by atoms with E-state index in [0.717, 1.165) is 29.9 Å². The Kier molecular flexibility index (Phi) is 5.50. The highest BCUT2D eigenvalue weighted by Gasteiger charge is 2.15. The zero-order chi connectivity index (χ0) is 12.7. The number of thioether (sulfide) groups is 1. The number of nitrogens with zero attached hydrogens (tertiary/aromatic N) is 1. The van der Waals surface area contributed by atoms with Crippen LogP contribution in [0.3, 0.4) is 0 Å². The Balaban J connectivity index is 2.17. The quantitative estimate of drug-likeness (QED) is 0.543. The maximum atomic E-state index is 12.7. The maximum absolute atomic E-state index is 12.7. The molecule has 0 radical (unpaired) electrons. The summed E-state index contributed by atoms with van der Waals surface area (Å²) in [7, 11) is 0. The summed E-state index contributed by atoms with van der Waals surface area (Å²) >= 11 is 1.74. The minimum Gasteiger partial charge on any atom is -0.207 e. The van der Waals surface area contributed by atoms with Gasteiger partial charge in [-0.15, -0.1) is 11.8 Å². The number of rotatable bonds is 6. The van der Waals surface area contributed by atoms with Gasteiger partial charge < -0.3 is 0 Å². The van der Waals surface area contributed by atoms with Gasteiger partial charge in [0.1, 0.15) is 5.82 Å². The van der Waals surface area contributed by atoms with Crippen LogP contribution in [0.1, 0.15) is 33.1 Å². The predicted molar refractivity (Wildman–Crippen MR) is 70.4 cm³/mol. The fourth-order valence-electron chi connectivity index (χ4n) is 1.45. The zero-order valence-corrected chi connectivity index (χ0v) is 11.2. The van der Waals surface area contributed by atoms with Crippen molar-refractivity contribution in [3.05, 3.63) is 30.1 Å². The van der Waals surface area contributed by atoms with Gasteiger partial charge in [-0.05, 0) is 56.7 Å². The lowest BCUT2D eigenvalue weighted by atomic mass is 9.89. The van der Waals surface area contributed by atoms with Crippen molar-refractivity contribution in [3.63, 3.8) is 0 Å². The van der Waals surface area contributed by atoms with E-state index in [1.54, 1.807) is 23.9 Å². The molecule has 3 heteroatoms. The van der Waals surface area contributed by atoms with E-state index in [4.69, 9.17) is 5.26 Å². The summed E-state index contributed by atoms with van der Waals surface area (Å²) in [6, 6.07) is 8.89. The molecule has 1 rings (SSSR count). The average Bonchev–Trinajstić information content (AvgIpc) is 2.31. The highest BCUT2D eigenvalue weighted by atomic mass is 32.2. The van der Waals surface area contributed by atoms with Gasteiger partial charge in [0.25, 0.3) is 0 Å². The fourth-order valence-corrected chi connectivity index (χ4v) is 2.36. The molecular formula is C14H18FNS. The van der Waals surface area contributed by atoms with Gasteiger partial charge in [-0.1, -0.05) is 6.42 Å². The van der Waals surface area contributed by atoms with Crippen LogP contribution in [0.5, 0.6) is 0 Å². The smallest absolute Gasteiger partial charge is 0.123 e. The Hall–Kier alpha value is -1.01. The van der Waals surface area contributed by atoms with Crippen molar-refractivity contribution in [3.8, 4) is 6.07 Å². The number of nitriles is 1.